The molecule has 1 unspecified atom stereocenters. The molecule has 208 valence electrons. The Morgan fingerprint density at radius 1 is 1.10 bits per heavy atom. The molecule has 1 atom stereocenters. The summed E-state index contributed by atoms with van der Waals surface area (Å²) in [5.74, 6) is 1.19. The van der Waals surface area contributed by atoms with Crippen molar-refractivity contribution in [2.45, 2.75) is 51.5 Å². The largest absolute Gasteiger partial charge is 0.478 e. The predicted octanol–water partition coefficient (Wildman–Crippen LogP) is 5.71. The zero-order chi connectivity index (χ0) is 27.9. The molecular weight excluding hydrogens is 506 g/mol. The number of carboxylic acids is 1. The van der Waals surface area contributed by atoms with Gasteiger partial charge in [-0.1, -0.05) is 42.0 Å². The third-order valence-electron chi connectivity index (χ3n) is 8.17. The Bertz CT molecular complexity index is 1540. The van der Waals surface area contributed by atoms with E-state index in [4.69, 9.17) is 19.2 Å². The highest BCUT2D eigenvalue weighted by Crippen LogP contribution is 2.49. The van der Waals surface area contributed by atoms with E-state index >= 15 is 0 Å². The Labute approximate surface area is 234 Å². The van der Waals surface area contributed by atoms with Gasteiger partial charge in [0.25, 0.3) is 5.79 Å². The highest BCUT2D eigenvalue weighted by Gasteiger charge is 2.41. The van der Waals surface area contributed by atoms with Crippen LogP contribution in [0.5, 0.6) is 11.5 Å². The summed E-state index contributed by atoms with van der Waals surface area (Å²) in [5, 5.41) is 9.47. The quantitative estimate of drug-likeness (QED) is 0.306. The second-order valence-corrected chi connectivity index (χ2v) is 10.9. The fourth-order valence-electron chi connectivity index (χ4n) is 5.90. The summed E-state index contributed by atoms with van der Waals surface area (Å²) in [6, 6.07) is 19.7. The summed E-state index contributed by atoms with van der Waals surface area (Å²) in [4.78, 5) is 18.9. The molecule has 0 aliphatic carbocycles. The lowest BCUT2D eigenvalue weighted by molar-refractivity contribution is -0.0685. The van der Waals surface area contributed by atoms with Crippen molar-refractivity contribution in [2.24, 2.45) is 0 Å². The van der Waals surface area contributed by atoms with Crippen molar-refractivity contribution in [1.29, 1.82) is 0 Å². The molecule has 0 saturated carbocycles. The van der Waals surface area contributed by atoms with Crippen molar-refractivity contribution in [3.05, 3.63) is 88.7 Å². The molecule has 0 spiro atoms. The summed E-state index contributed by atoms with van der Waals surface area (Å²) < 4.78 is 20.3. The molecule has 8 heteroatoms. The highest BCUT2D eigenvalue weighted by atomic mass is 16.7. The lowest BCUT2D eigenvalue weighted by Gasteiger charge is -2.32. The van der Waals surface area contributed by atoms with Gasteiger partial charge in [0.15, 0.2) is 11.5 Å². The summed E-state index contributed by atoms with van der Waals surface area (Å²) in [7, 11) is 1.67. The Morgan fingerprint density at radius 3 is 2.60 bits per heavy atom. The van der Waals surface area contributed by atoms with Crippen LogP contribution in [-0.4, -0.2) is 52.3 Å². The number of carbonyl (C=O) groups is 1. The van der Waals surface area contributed by atoms with Crippen LogP contribution in [0.2, 0.25) is 0 Å². The van der Waals surface area contributed by atoms with Crippen LogP contribution in [0.15, 0.2) is 60.7 Å². The molecule has 2 aliphatic rings. The number of aromatic nitrogens is 2. The Balaban J connectivity index is 1.17. The van der Waals surface area contributed by atoms with E-state index in [-0.39, 0.29) is 5.56 Å². The van der Waals surface area contributed by atoms with Crippen LogP contribution in [0, 0.1) is 6.92 Å². The normalized spacial score (nSPS) is 19.4. The van der Waals surface area contributed by atoms with Gasteiger partial charge in [-0.05, 0) is 63.0 Å². The molecule has 0 radical (unpaired) electrons. The van der Waals surface area contributed by atoms with Crippen LogP contribution in [-0.2, 0) is 23.6 Å². The van der Waals surface area contributed by atoms with Crippen molar-refractivity contribution >= 4 is 17.0 Å². The Morgan fingerprint density at radius 2 is 1.88 bits per heavy atom. The van der Waals surface area contributed by atoms with Crippen molar-refractivity contribution in [3.63, 3.8) is 0 Å². The average Bonchev–Trinajstić information content (AvgIpc) is 3.49. The molecule has 1 saturated heterocycles. The van der Waals surface area contributed by atoms with E-state index in [1.807, 2.05) is 13.0 Å². The molecule has 0 bridgehead atoms. The van der Waals surface area contributed by atoms with Crippen LogP contribution >= 0.6 is 0 Å². The molecule has 0 amide bonds. The van der Waals surface area contributed by atoms with E-state index < -0.39 is 11.8 Å². The fraction of sp³-hybridized carbons (Fsp3) is 0.375. The van der Waals surface area contributed by atoms with E-state index in [0.717, 1.165) is 59.9 Å². The van der Waals surface area contributed by atoms with Crippen molar-refractivity contribution < 1.29 is 24.1 Å². The zero-order valence-corrected chi connectivity index (χ0v) is 23.2. The number of ether oxygens (including phenoxy) is 3. The summed E-state index contributed by atoms with van der Waals surface area (Å²) in [6.07, 6.45) is 2.01. The summed E-state index contributed by atoms with van der Waals surface area (Å²) in [6.45, 7) is 7.77. The number of aryl methyl sites for hydroxylation is 1. The molecular formula is C32H35N3O5. The minimum atomic E-state index is -0.939. The molecule has 8 nitrogen and oxygen atoms in total. The van der Waals surface area contributed by atoms with Gasteiger partial charge in [-0.15, -0.1) is 0 Å². The zero-order valence-electron chi connectivity index (χ0n) is 23.2. The standard InChI is InChI=1S/C32H35N3O5/c1-21-7-10-24(11-8-21)32(2)39-28-6-4-5-25(30(28)40-32)22-13-15-34(16-14-22)20-29-33-26-12-9-23(31(36)37)19-27(26)35(29)17-18-38-3/h4-12,19,22H,13-18,20H2,1-3H3,(H,36,37). The number of para-hydroxylation sites is 1. The minimum absolute atomic E-state index is 0.262. The molecule has 3 aromatic carbocycles. The fourth-order valence-corrected chi connectivity index (χ4v) is 5.90. The predicted molar refractivity (Wildman–Crippen MR) is 152 cm³/mol. The number of methoxy groups -OCH3 is 1. The van der Waals surface area contributed by atoms with E-state index in [2.05, 4.69) is 52.8 Å². The van der Waals surface area contributed by atoms with E-state index in [1.165, 1.54) is 11.1 Å². The second-order valence-electron chi connectivity index (χ2n) is 10.9. The third kappa shape index (κ3) is 4.93. The number of rotatable bonds is 8. The van der Waals surface area contributed by atoms with Gasteiger partial charge < -0.3 is 23.9 Å². The molecule has 40 heavy (non-hydrogen) atoms. The van der Waals surface area contributed by atoms with Crippen LogP contribution in [0.4, 0.5) is 0 Å². The first kappa shape index (κ1) is 26.3. The third-order valence-corrected chi connectivity index (χ3v) is 8.17. The minimum Gasteiger partial charge on any atom is -0.478 e. The highest BCUT2D eigenvalue weighted by molar-refractivity contribution is 5.92. The van der Waals surface area contributed by atoms with Crippen LogP contribution < -0.4 is 9.47 Å². The van der Waals surface area contributed by atoms with Crippen molar-refractivity contribution in [2.75, 3.05) is 26.8 Å². The van der Waals surface area contributed by atoms with Gasteiger partial charge in [0.05, 0.1) is 29.7 Å². The smallest absolute Gasteiger partial charge is 0.335 e. The maximum absolute atomic E-state index is 11.6. The number of imidazole rings is 1. The Kier molecular flexibility index (Phi) is 6.98. The van der Waals surface area contributed by atoms with Gasteiger partial charge in [-0.3, -0.25) is 4.90 Å². The number of fused-ring (bicyclic) bond motifs is 2. The van der Waals surface area contributed by atoms with Gasteiger partial charge in [-0.25, -0.2) is 9.78 Å². The summed E-state index contributed by atoms with van der Waals surface area (Å²) in [5.41, 5.74) is 5.31. The number of benzene rings is 3. The van der Waals surface area contributed by atoms with Gasteiger partial charge in [-0.2, -0.15) is 0 Å². The molecule has 3 heterocycles. The molecule has 4 aromatic rings. The first-order chi connectivity index (χ1) is 19.3. The number of nitrogens with zero attached hydrogens (tertiary/aromatic N) is 3. The van der Waals surface area contributed by atoms with Gasteiger partial charge in [0, 0.05) is 31.7 Å². The molecule has 6 rings (SSSR count). The maximum atomic E-state index is 11.6. The molecule has 1 N–H and O–H groups in total. The number of aromatic carboxylic acids is 1. The number of hydrogen-bond acceptors (Lipinski definition) is 6. The topological polar surface area (TPSA) is 86.0 Å². The van der Waals surface area contributed by atoms with Gasteiger partial charge in [0.1, 0.15) is 5.82 Å². The molecule has 2 aliphatic heterocycles. The number of hydrogen-bond donors (Lipinski definition) is 1. The lowest BCUT2D eigenvalue weighted by Crippen LogP contribution is -2.34. The SMILES string of the molecule is COCCn1c(CN2CCC(c3cccc4c3OC(C)(c3ccc(C)cc3)O4)CC2)nc2ccc(C(=O)O)cc21. The molecule has 1 fully saturated rings. The molecule has 1 aromatic heterocycles. The van der Waals surface area contributed by atoms with Crippen LogP contribution in [0.3, 0.4) is 0 Å². The number of piperidine rings is 1. The Hall–Kier alpha value is -3.88. The van der Waals surface area contributed by atoms with Gasteiger partial charge >= 0.3 is 5.97 Å². The van der Waals surface area contributed by atoms with E-state index in [1.54, 1.807) is 25.3 Å². The van der Waals surface area contributed by atoms with Crippen LogP contribution in [0.1, 0.15) is 58.6 Å². The second kappa shape index (κ2) is 10.6. The van der Waals surface area contributed by atoms with Gasteiger partial charge in [0.2, 0.25) is 0 Å². The first-order valence-electron chi connectivity index (χ1n) is 13.9. The summed E-state index contributed by atoms with van der Waals surface area (Å²) >= 11 is 0. The van der Waals surface area contributed by atoms with Crippen LogP contribution in [0.25, 0.3) is 11.0 Å². The maximum Gasteiger partial charge on any atom is 0.335 e. The average molecular weight is 542 g/mol. The monoisotopic (exact) mass is 541 g/mol. The number of likely N-dealkylation sites (tertiary alicyclic amines) is 1. The van der Waals surface area contributed by atoms with E-state index in [0.29, 0.717) is 25.6 Å². The lowest BCUT2D eigenvalue weighted by atomic mass is 9.88. The number of carboxylic acid groups (broad SMARTS) is 1. The van der Waals surface area contributed by atoms with Crippen molar-refractivity contribution in [3.8, 4) is 11.5 Å². The first-order valence-corrected chi connectivity index (χ1v) is 13.9. The van der Waals surface area contributed by atoms with E-state index in [9.17, 15) is 9.90 Å². The van der Waals surface area contributed by atoms with Crippen molar-refractivity contribution in [1.82, 2.24) is 14.5 Å².